The van der Waals surface area contributed by atoms with E-state index in [2.05, 4.69) is 32.7 Å². The van der Waals surface area contributed by atoms with Crippen LogP contribution in [0.15, 0.2) is 42.6 Å². The number of carbonyl (C=O) groups excluding carboxylic acids is 2. The Morgan fingerprint density at radius 2 is 1.90 bits per heavy atom. The van der Waals surface area contributed by atoms with E-state index in [1.165, 1.54) is 11.3 Å². The Bertz CT molecular complexity index is 1590. The van der Waals surface area contributed by atoms with Crippen molar-refractivity contribution < 1.29 is 14.3 Å². The van der Waals surface area contributed by atoms with Crippen molar-refractivity contribution >= 4 is 55.8 Å². The first kappa shape index (κ1) is 25.4. The fourth-order valence-electron chi connectivity index (χ4n) is 5.08. The predicted octanol–water partition coefficient (Wildman–Crippen LogP) is 5.11. The fraction of sp³-hybridized carbons (Fsp3) is 0.379. The maximum atomic E-state index is 12.7. The topological polar surface area (TPSA) is 99.7 Å². The number of anilines is 2. The van der Waals surface area contributed by atoms with Crippen LogP contribution in [0, 0.1) is 0 Å². The maximum absolute atomic E-state index is 12.7. The maximum Gasteiger partial charge on any atom is 0.410 e. The molecular formula is C29H32N6O3S. The summed E-state index contributed by atoms with van der Waals surface area (Å²) in [5.74, 6) is 0.832. The largest absolute Gasteiger partial charge is 0.444 e. The van der Waals surface area contributed by atoms with E-state index in [4.69, 9.17) is 9.72 Å². The highest BCUT2D eigenvalue weighted by Gasteiger charge is 2.27. The minimum atomic E-state index is -0.505. The molecule has 0 spiro atoms. The fourth-order valence-corrected chi connectivity index (χ4v) is 6.18. The zero-order chi connectivity index (χ0) is 27.3. The molecule has 0 bridgehead atoms. The molecule has 2 aliphatic heterocycles. The van der Waals surface area contributed by atoms with Crippen LogP contribution < -0.4 is 15.5 Å². The van der Waals surface area contributed by atoms with E-state index < -0.39 is 5.60 Å². The first-order valence-corrected chi connectivity index (χ1v) is 14.1. The molecule has 5 heterocycles. The number of nitrogens with one attached hydrogen (secondary N) is 2. The van der Waals surface area contributed by atoms with Crippen LogP contribution >= 0.6 is 11.3 Å². The molecule has 0 saturated carbocycles. The van der Waals surface area contributed by atoms with E-state index in [1.807, 2.05) is 58.2 Å². The summed E-state index contributed by atoms with van der Waals surface area (Å²) in [6, 6.07) is 12.3. The van der Waals surface area contributed by atoms with Crippen LogP contribution in [0.25, 0.3) is 32.2 Å². The van der Waals surface area contributed by atoms with Gasteiger partial charge in [-0.15, -0.1) is 11.3 Å². The third kappa shape index (κ3) is 4.96. The third-order valence-electron chi connectivity index (χ3n) is 6.99. The van der Waals surface area contributed by atoms with Crippen LogP contribution in [0.5, 0.6) is 0 Å². The molecule has 3 aromatic heterocycles. The molecule has 0 unspecified atom stereocenters. The van der Waals surface area contributed by atoms with Crippen LogP contribution in [0.1, 0.15) is 37.4 Å². The van der Waals surface area contributed by atoms with Crippen LogP contribution in [-0.2, 0) is 4.74 Å². The Labute approximate surface area is 231 Å². The lowest BCUT2D eigenvalue weighted by Gasteiger charge is -2.36. The number of benzene rings is 1. The van der Waals surface area contributed by atoms with Crippen LogP contribution in [0.3, 0.4) is 0 Å². The number of piperazine rings is 1. The highest BCUT2D eigenvalue weighted by molar-refractivity contribution is 7.21. The van der Waals surface area contributed by atoms with E-state index in [-0.39, 0.29) is 18.0 Å². The number of pyridine rings is 2. The number of nitrogens with zero attached hydrogens (tertiary/aromatic N) is 4. The van der Waals surface area contributed by atoms with Crippen molar-refractivity contribution in [3.05, 3.63) is 47.5 Å². The minimum absolute atomic E-state index is 0.0299. The Morgan fingerprint density at radius 3 is 2.67 bits per heavy atom. The molecule has 0 radical (unpaired) electrons. The number of aromatic nitrogens is 2. The third-order valence-corrected chi connectivity index (χ3v) is 8.14. The molecular weight excluding hydrogens is 512 g/mol. The van der Waals surface area contributed by atoms with Gasteiger partial charge in [-0.3, -0.25) is 4.79 Å². The van der Waals surface area contributed by atoms with E-state index in [1.54, 1.807) is 4.90 Å². The van der Waals surface area contributed by atoms with Crippen molar-refractivity contribution in [1.29, 1.82) is 0 Å². The van der Waals surface area contributed by atoms with Gasteiger partial charge in [0, 0.05) is 66.0 Å². The number of ether oxygens (including phenoxy) is 1. The normalized spacial score (nSPS) is 17.9. The zero-order valence-corrected chi connectivity index (χ0v) is 23.4. The molecule has 1 saturated heterocycles. The molecule has 4 aromatic rings. The Balaban J connectivity index is 1.26. The number of carbonyl (C=O) groups is 2. The Hall–Kier alpha value is -3.92. The van der Waals surface area contributed by atoms with E-state index in [9.17, 15) is 9.59 Å². The van der Waals surface area contributed by atoms with Gasteiger partial charge in [0.15, 0.2) is 0 Å². The van der Waals surface area contributed by atoms with Crippen LogP contribution in [-0.4, -0.2) is 71.2 Å². The molecule has 9 nitrogen and oxygen atoms in total. The van der Waals surface area contributed by atoms with Gasteiger partial charge in [-0.25, -0.2) is 14.8 Å². The molecule has 1 fully saturated rings. The first-order valence-electron chi connectivity index (χ1n) is 13.3. The summed E-state index contributed by atoms with van der Waals surface area (Å²) in [4.78, 5) is 39.4. The van der Waals surface area contributed by atoms with Gasteiger partial charge in [0.25, 0.3) is 5.91 Å². The predicted molar refractivity (Wildman–Crippen MR) is 156 cm³/mol. The van der Waals surface area contributed by atoms with E-state index >= 15 is 0 Å². The second kappa shape index (κ2) is 9.68. The zero-order valence-electron chi connectivity index (χ0n) is 22.6. The summed E-state index contributed by atoms with van der Waals surface area (Å²) in [6.07, 6.45) is 1.54. The lowest BCUT2D eigenvalue weighted by molar-refractivity contribution is 0.0240. The van der Waals surface area contributed by atoms with Crippen molar-refractivity contribution in [2.75, 3.05) is 42.9 Å². The Kier molecular flexibility index (Phi) is 6.29. The average Bonchev–Trinajstić information content (AvgIpc) is 3.23. The van der Waals surface area contributed by atoms with Gasteiger partial charge in [0.2, 0.25) is 0 Å². The molecule has 10 heteroatoms. The summed E-state index contributed by atoms with van der Waals surface area (Å²) < 4.78 is 6.59. The number of fused-ring (bicyclic) bond motifs is 5. The number of amides is 2. The van der Waals surface area contributed by atoms with Crippen molar-refractivity contribution in [1.82, 2.24) is 20.2 Å². The second-order valence-electron chi connectivity index (χ2n) is 11.1. The molecule has 0 aliphatic carbocycles. The van der Waals surface area contributed by atoms with E-state index in [0.29, 0.717) is 32.7 Å². The number of rotatable bonds is 2. The number of hydrogen-bond donors (Lipinski definition) is 2. The number of hydrogen-bond acceptors (Lipinski definition) is 8. The molecule has 6 rings (SSSR count). The quantitative estimate of drug-likeness (QED) is 0.362. The van der Waals surface area contributed by atoms with Crippen molar-refractivity contribution in [3.8, 4) is 11.3 Å². The smallest absolute Gasteiger partial charge is 0.410 e. The summed E-state index contributed by atoms with van der Waals surface area (Å²) in [5, 5.41) is 8.60. The average molecular weight is 545 g/mol. The SMILES string of the molecule is C[C@@H]1CNc2c(sc3ccc4nc(-c5ccnc(N6CCN(C(=O)OC(C)(C)C)CC6)c5)ccc4c23)C(=O)N1. The molecule has 2 aliphatic rings. The lowest BCUT2D eigenvalue weighted by Crippen LogP contribution is -2.50. The standard InChI is InChI=1S/C29H32N6O3S/c1-17-16-31-25-24-19-5-6-20(33-21(19)7-8-22(24)39-26(25)27(36)32-17)18-9-10-30-23(15-18)34-11-13-35(14-12-34)28(37)38-29(2,3)4/h5-10,15,17,31H,11-14,16H2,1-4H3,(H,32,36)/t17-/m1/s1. The van der Waals surface area contributed by atoms with Gasteiger partial charge in [-0.05, 0) is 64.1 Å². The summed E-state index contributed by atoms with van der Waals surface area (Å²) in [7, 11) is 0. The van der Waals surface area contributed by atoms with Crippen molar-refractivity contribution in [2.24, 2.45) is 0 Å². The molecule has 202 valence electrons. The van der Waals surface area contributed by atoms with E-state index in [0.717, 1.165) is 48.6 Å². The molecule has 39 heavy (non-hydrogen) atoms. The highest BCUT2D eigenvalue weighted by Crippen LogP contribution is 2.41. The summed E-state index contributed by atoms with van der Waals surface area (Å²) in [6.45, 7) is 10.9. The van der Waals surface area contributed by atoms with Gasteiger partial charge in [-0.1, -0.05) is 0 Å². The number of thiophene rings is 1. The first-order chi connectivity index (χ1) is 18.7. The molecule has 2 N–H and O–H groups in total. The lowest BCUT2D eigenvalue weighted by atomic mass is 10.1. The second-order valence-corrected chi connectivity index (χ2v) is 12.2. The van der Waals surface area contributed by atoms with Crippen LogP contribution in [0.2, 0.25) is 0 Å². The highest BCUT2D eigenvalue weighted by atomic mass is 32.1. The van der Waals surface area contributed by atoms with Crippen LogP contribution in [0.4, 0.5) is 16.3 Å². The van der Waals surface area contributed by atoms with Crippen molar-refractivity contribution in [2.45, 2.75) is 39.3 Å². The minimum Gasteiger partial charge on any atom is -0.444 e. The van der Waals surface area contributed by atoms with Gasteiger partial charge in [0.1, 0.15) is 16.3 Å². The summed E-state index contributed by atoms with van der Waals surface area (Å²) >= 11 is 1.51. The molecule has 1 aromatic carbocycles. The van der Waals surface area contributed by atoms with Crippen molar-refractivity contribution in [3.63, 3.8) is 0 Å². The van der Waals surface area contributed by atoms with Gasteiger partial charge >= 0.3 is 6.09 Å². The van der Waals surface area contributed by atoms with Gasteiger partial charge in [0.05, 0.1) is 16.9 Å². The monoisotopic (exact) mass is 544 g/mol. The molecule has 2 amide bonds. The van der Waals surface area contributed by atoms with Gasteiger partial charge < -0.3 is 25.2 Å². The summed E-state index contributed by atoms with van der Waals surface area (Å²) in [5.41, 5.74) is 3.11. The van der Waals surface area contributed by atoms with Gasteiger partial charge in [-0.2, -0.15) is 0 Å². The molecule has 1 atom stereocenters. The Morgan fingerprint density at radius 1 is 1.10 bits per heavy atom.